The molecular formula is C19H30ClN3O. The molecular weight excluding hydrogens is 322 g/mol. The molecule has 5 heteroatoms. The number of nitrogens with one attached hydrogen (secondary N) is 1. The van der Waals surface area contributed by atoms with Crippen molar-refractivity contribution in [2.45, 2.75) is 45.3 Å². The number of hydrogen-bond acceptors (Lipinski definition) is 3. The van der Waals surface area contributed by atoms with Crippen molar-refractivity contribution in [3.8, 4) is 0 Å². The Hall–Kier alpha value is -1.10. The summed E-state index contributed by atoms with van der Waals surface area (Å²) in [5, 5.41) is 3.39. The van der Waals surface area contributed by atoms with Gasteiger partial charge < -0.3 is 10.2 Å². The molecule has 0 bridgehead atoms. The van der Waals surface area contributed by atoms with Crippen molar-refractivity contribution >= 4 is 18.3 Å². The molecule has 2 atom stereocenters. The zero-order valence-electron chi connectivity index (χ0n) is 14.8. The molecule has 3 rings (SSSR count). The fourth-order valence-electron chi connectivity index (χ4n) is 3.46. The van der Waals surface area contributed by atoms with Crippen molar-refractivity contribution in [3.05, 3.63) is 35.9 Å². The van der Waals surface area contributed by atoms with E-state index in [1.54, 1.807) is 0 Å². The second kappa shape index (κ2) is 8.84. The van der Waals surface area contributed by atoms with Crippen molar-refractivity contribution in [2.24, 2.45) is 5.92 Å². The third kappa shape index (κ3) is 4.95. The fourth-order valence-corrected chi connectivity index (χ4v) is 3.46. The summed E-state index contributed by atoms with van der Waals surface area (Å²) in [6.45, 7) is 8.62. The van der Waals surface area contributed by atoms with E-state index in [9.17, 15) is 4.79 Å². The number of halogens is 1. The minimum atomic E-state index is 0. The van der Waals surface area contributed by atoms with Crippen molar-refractivity contribution in [1.29, 1.82) is 0 Å². The predicted octanol–water partition coefficient (Wildman–Crippen LogP) is 2.53. The predicted molar refractivity (Wildman–Crippen MR) is 100 cm³/mol. The standard InChI is InChI=1S/C19H29N3O.ClH/c1-15-12-20-10-11-21(15)14-19(23)22(16(2)18-8-9-18)13-17-6-4-3-5-7-17;/h3-7,15-16,18,20H,8-14H2,1-2H3;1H/t15-,16?;/m1./s1. The van der Waals surface area contributed by atoms with Gasteiger partial charge in [0, 0.05) is 38.3 Å². The molecule has 0 spiro atoms. The van der Waals surface area contributed by atoms with Gasteiger partial charge in [0.1, 0.15) is 0 Å². The smallest absolute Gasteiger partial charge is 0.237 e. The summed E-state index contributed by atoms with van der Waals surface area (Å²) in [6, 6.07) is 11.2. The summed E-state index contributed by atoms with van der Waals surface area (Å²) in [7, 11) is 0. The van der Waals surface area contributed by atoms with Crippen LogP contribution >= 0.6 is 12.4 Å². The Kier molecular flexibility index (Phi) is 7.08. The summed E-state index contributed by atoms with van der Waals surface area (Å²) in [4.78, 5) is 17.4. The Morgan fingerprint density at radius 3 is 2.67 bits per heavy atom. The van der Waals surface area contributed by atoms with Crippen molar-refractivity contribution < 1.29 is 4.79 Å². The molecule has 1 aliphatic heterocycles. The molecule has 134 valence electrons. The SMILES string of the molecule is CC(C1CC1)N(Cc1ccccc1)C(=O)CN1CCNC[C@H]1C.Cl. The fraction of sp³-hybridized carbons (Fsp3) is 0.632. The van der Waals surface area contributed by atoms with Crippen LogP contribution in [0.4, 0.5) is 0 Å². The van der Waals surface area contributed by atoms with Gasteiger partial charge in [-0.25, -0.2) is 0 Å². The van der Waals surface area contributed by atoms with Crippen LogP contribution in [0.1, 0.15) is 32.3 Å². The average Bonchev–Trinajstić information content (AvgIpc) is 3.40. The van der Waals surface area contributed by atoms with Gasteiger partial charge in [0.2, 0.25) is 5.91 Å². The quantitative estimate of drug-likeness (QED) is 0.855. The van der Waals surface area contributed by atoms with E-state index < -0.39 is 0 Å². The van der Waals surface area contributed by atoms with Crippen LogP contribution in [0.2, 0.25) is 0 Å². The lowest BCUT2D eigenvalue weighted by Gasteiger charge is -2.36. The molecule has 1 saturated carbocycles. The first kappa shape index (κ1) is 19.2. The zero-order chi connectivity index (χ0) is 16.2. The Labute approximate surface area is 152 Å². The van der Waals surface area contributed by atoms with E-state index in [0.717, 1.165) is 26.2 Å². The van der Waals surface area contributed by atoms with Gasteiger partial charge in [-0.2, -0.15) is 0 Å². The normalized spacial score (nSPS) is 22.5. The van der Waals surface area contributed by atoms with Gasteiger partial charge >= 0.3 is 0 Å². The molecule has 1 unspecified atom stereocenters. The second-order valence-electron chi connectivity index (χ2n) is 7.11. The van der Waals surface area contributed by atoms with Crippen LogP contribution < -0.4 is 5.32 Å². The molecule has 1 saturated heterocycles. The average molecular weight is 352 g/mol. The van der Waals surface area contributed by atoms with Gasteiger partial charge in [0.05, 0.1) is 6.54 Å². The largest absolute Gasteiger partial charge is 0.334 e. The number of benzene rings is 1. The number of nitrogens with zero attached hydrogens (tertiary/aromatic N) is 2. The molecule has 2 fully saturated rings. The van der Waals surface area contributed by atoms with E-state index in [4.69, 9.17) is 0 Å². The van der Waals surface area contributed by atoms with Crippen LogP contribution in [-0.2, 0) is 11.3 Å². The molecule has 1 aromatic rings. The van der Waals surface area contributed by atoms with E-state index in [2.05, 4.69) is 53.2 Å². The maximum absolute atomic E-state index is 13.0. The molecule has 1 heterocycles. The lowest BCUT2D eigenvalue weighted by Crippen LogP contribution is -2.54. The van der Waals surface area contributed by atoms with Crippen molar-refractivity contribution in [1.82, 2.24) is 15.1 Å². The minimum Gasteiger partial charge on any atom is -0.334 e. The number of amides is 1. The molecule has 4 nitrogen and oxygen atoms in total. The van der Waals surface area contributed by atoms with Gasteiger partial charge in [0.25, 0.3) is 0 Å². The topological polar surface area (TPSA) is 35.6 Å². The van der Waals surface area contributed by atoms with E-state index in [1.807, 2.05) is 6.07 Å². The van der Waals surface area contributed by atoms with Gasteiger partial charge in [0.15, 0.2) is 0 Å². The maximum Gasteiger partial charge on any atom is 0.237 e. The van der Waals surface area contributed by atoms with Gasteiger partial charge in [-0.15, -0.1) is 12.4 Å². The van der Waals surface area contributed by atoms with Crippen molar-refractivity contribution in [3.63, 3.8) is 0 Å². The van der Waals surface area contributed by atoms with Crippen LogP contribution in [0.3, 0.4) is 0 Å². The lowest BCUT2D eigenvalue weighted by molar-refractivity contribution is -0.136. The Bertz CT molecular complexity index is 521. The van der Waals surface area contributed by atoms with Crippen LogP contribution in [0.25, 0.3) is 0 Å². The molecule has 1 aromatic carbocycles. The van der Waals surface area contributed by atoms with Gasteiger partial charge in [-0.3, -0.25) is 9.69 Å². The zero-order valence-corrected chi connectivity index (χ0v) is 15.6. The highest BCUT2D eigenvalue weighted by Crippen LogP contribution is 2.35. The lowest BCUT2D eigenvalue weighted by atomic mass is 10.1. The summed E-state index contributed by atoms with van der Waals surface area (Å²) in [6.07, 6.45) is 2.54. The molecule has 2 aliphatic rings. The van der Waals surface area contributed by atoms with E-state index >= 15 is 0 Å². The Balaban J connectivity index is 0.00000208. The van der Waals surface area contributed by atoms with Gasteiger partial charge in [-0.1, -0.05) is 30.3 Å². The van der Waals surface area contributed by atoms with E-state index in [0.29, 0.717) is 24.5 Å². The maximum atomic E-state index is 13.0. The van der Waals surface area contributed by atoms with Crippen molar-refractivity contribution in [2.75, 3.05) is 26.2 Å². The van der Waals surface area contributed by atoms with Crippen LogP contribution in [-0.4, -0.2) is 54.0 Å². The van der Waals surface area contributed by atoms with Crippen LogP contribution in [0.5, 0.6) is 0 Å². The molecule has 0 radical (unpaired) electrons. The first-order valence-corrected chi connectivity index (χ1v) is 8.93. The number of carbonyl (C=O) groups excluding carboxylic acids is 1. The second-order valence-corrected chi connectivity index (χ2v) is 7.11. The van der Waals surface area contributed by atoms with Crippen LogP contribution in [0.15, 0.2) is 30.3 Å². The summed E-state index contributed by atoms with van der Waals surface area (Å²) in [5.74, 6) is 0.977. The first-order valence-electron chi connectivity index (χ1n) is 8.93. The first-order chi connectivity index (χ1) is 11.1. The summed E-state index contributed by atoms with van der Waals surface area (Å²) < 4.78 is 0. The minimum absolute atomic E-state index is 0. The third-order valence-corrected chi connectivity index (χ3v) is 5.29. The number of hydrogen-bond donors (Lipinski definition) is 1. The summed E-state index contributed by atoms with van der Waals surface area (Å²) >= 11 is 0. The molecule has 0 aromatic heterocycles. The molecule has 24 heavy (non-hydrogen) atoms. The van der Waals surface area contributed by atoms with Gasteiger partial charge in [-0.05, 0) is 38.2 Å². The van der Waals surface area contributed by atoms with Crippen LogP contribution in [0, 0.1) is 5.92 Å². The van der Waals surface area contributed by atoms with E-state index in [1.165, 1.54) is 18.4 Å². The third-order valence-electron chi connectivity index (χ3n) is 5.29. The Morgan fingerprint density at radius 2 is 2.04 bits per heavy atom. The number of carbonyl (C=O) groups is 1. The number of piperazine rings is 1. The number of rotatable bonds is 6. The molecule has 1 aliphatic carbocycles. The molecule has 1 N–H and O–H groups in total. The van der Waals surface area contributed by atoms with E-state index in [-0.39, 0.29) is 18.3 Å². The highest BCUT2D eigenvalue weighted by atomic mass is 35.5. The highest BCUT2D eigenvalue weighted by molar-refractivity contribution is 5.85. The summed E-state index contributed by atoms with van der Waals surface area (Å²) in [5.41, 5.74) is 1.22. The molecule has 1 amide bonds. The highest BCUT2D eigenvalue weighted by Gasteiger charge is 2.35. The Morgan fingerprint density at radius 1 is 1.33 bits per heavy atom. The monoisotopic (exact) mass is 351 g/mol.